The van der Waals surface area contributed by atoms with Crippen LogP contribution >= 0.6 is 0 Å². The number of fused-ring (bicyclic) bond motifs is 1. The first-order valence-corrected chi connectivity index (χ1v) is 8.39. The quantitative estimate of drug-likeness (QED) is 0.899. The minimum absolute atomic E-state index is 0.113. The normalized spacial score (nSPS) is 27.6. The summed E-state index contributed by atoms with van der Waals surface area (Å²) in [4.78, 5) is 12.2. The second-order valence-electron chi connectivity index (χ2n) is 6.57. The van der Waals surface area contributed by atoms with Gasteiger partial charge in [0.2, 0.25) is 5.91 Å². The van der Waals surface area contributed by atoms with Crippen LogP contribution in [-0.4, -0.2) is 30.3 Å². The molecule has 1 saturated carbocycles. The topological polar surface area (TPSA) is 58.6 Å². The summed E-state index contributed by atoms with van der Waals surface area (Å²) >= 11 is 0. The lowest BCUT2D eigenvalue weighted by molar-refractivity contribution is -0.121. The minimum atomic E-state index is -0.182. The molecule has 120 valence electrons. The Morgan fingerprint density at radius 2 is 2.14 bits per heavy atom. The van der Waals surface area contributed by atoms with Crippen molar-refractivity contribution in [1.82, 2.24) is 5.32 Å². The largest absolute Gasteiger partial charge is 0.493 e. The molecule has 2 aliphatic rings. The van der Waals surface area contributed by atoms with E-state index >= 15 is 0 Å². The van der Waals surface area contributed by atoms with E-state index in [1.54, 1.807) is 0 Å². The van der Waals surface area contributed by atoms with Crippen molar-refractivity contribution in [3.05, 3.63) is 29.8 Å². The molecule has 1 aliphatic carbocycles. The van der Waals surface area contributed by atoms with E-state index in [4.69, 9.17) is 4.74 Å². The Kier molecular flexibility index (Phi) is 4.98. The molecular weight excluding hydrogens is 278 g/mol. The number of para-hydroxylation sites is 1. The van der Waals surface area contributed by atoms with Gasteiger partial charge in [-0.15, -0.1) is 0 Å². The van der Waals surface area contributed by atoms with Gasteiger partial charge in [0.15, 0.2) is 0 Å². The molecule has 0 radical (unpaired) electrons. The second-order valence-corrected chi connectivity index (χ2v) is 6.57. The first kappa shape index (κ1) is 15.3. The van der Waals surface area contributed by atoms with Crippen LogP contribution in [0.5, 0.6) is 5.75 Å². The number of benzene rings is 1. The average molecular weight is 303 g/mol. The van der Waals surface area contributed by atoms with Crippen LogP contribution < -0.4 is 10.1 Å². The number of carbonyl (C=O) groups excluding carboxylic acids is 1. The number of carbonyl (C=O) groups is 1. The number of nitrogens with one attached hydrogen (secondary N) is 1. The van der Waals surface area contributed by atoms with Gasteiger partial charge in [-0.1, -0.05) is 24.6 Å². The van der Waals surface area contributed by atoms with Crippen LogP contribution in [0.1, 0.15) is 50.0 Å². The molecule has 0 aromatic heterocycles. The Morgan fingerprint density at radius 3 is 3.00 bits per heavy atom. The van der Waals surface area contributed by atoms with E-state index in [-0.39, 0.29) is 17.9 Å². The molecule has 3 unspecified atom stereocenters. The molecule has 1 amide bonds. The average Bonchev–Trinajstić information content (AvgIpc) is 2.53. The van der Waals surface area contributed by atoms with Crippen LogP contribution in [0.2, 0.25) is 0 Å². The highest BCUT2D eigenvalue weighted by Crippen LogP contribution is 2.35. The molecule has 1 heterocycles. The van der Waals surface area contributed by atoms with Gasteiger partial charge < -0.3 is 15.2 Å². The summed E-state index contributed by atoms with van der Waals surface area (Å²) in [6, 6.07) is 8.00. The number of hydrogen-bond acceptors (Lipinski definition) is 3. The summed E-state index contributed by atoms with van der Waals surface area (Å²) in [5.74, 6) is 1.71. The summed E-state index contributed by atoms with van der Waals surface area (Å²) in [5.41, 5.74) is 1.15. The molecule has 3 rings (SSSR count). The van der Waals surface area contributed by atoms with Crippen molar-refractivity contribution in [3.63, 3.8) is 0 Å². The van der Waals surface area contributed by atoms with Crippen molar-refractivity contribution in [3.8, 4) is 5.75 Å². The van der Waals surface area contributed by atoms with E-state index in [1.165, 1.54) is 0 Å². The Hall–Kier alpha value is -1.55. The van der Waals surface area contributed by atoms with Gasteiger partial charge in [-0.05, 0) is 49.1 Å². The van der Waals surface area contributed by atoms with E-state index in [9.17, 15) is 9.90 Å². The van der Waals surface area contributed by atoms with Crippen LogP contribution in [0, 0.1) is 5.92 Å². The van der Waals surface area contributed by atoms with Gasteiger partial charge >= 0.3 is 0 Å². The summed E-state index contributed by atoms with van der Waals surface area (Å²) in [7, 11) is 0. The summed E-state index contributed by atoms with van der Waals surface area (Å²) in [6.45, 7) is 1.38. The first-order chi connectivity index (χ1) is 10.7. The predicted octanol–water partition coefficient (Wildman–Crippen LogP) is 2.61. The molecule has 0 bridgehead atoms. The van der Waals surface area contributed by atoms with Crippen molar-refractivity contribution in [2.75, 3.05) is 13.2 Å². The highest BCUT2D eigenvalue weighted by molar-refractivity contribution is 5.77. The van der Waals surface area contributed by atoms with Crippen molar-refractivity contribution >= 4 is 5.91 Å². The van der Waals surface area contributed by atoms with Crippen LogP contribution in [-0.2, 0) is 4.79 Å². The van der Waals surface area contributed by atoms with Gasteiger partial charge in [-0.25, -0.2) is 0 Å². The SMILES string of the molecule is O=C(CC1CCOc2ccccc21)NCC1CCCC(O)C1. The van der Waals surface area contributed by atoms with Gasteiger partial charge in [0, 0.05) is 13.0 Å². The van der Waals surface area contributed by atoms with Crippen molar-refractivity contribution in [1.29, 1.82) is 0 Å². The molecule has 1 aromatic carbocycles. The molecular formula is C18H25NO3. The summed E-state index contributed by atoms with van der Waals surface area (Å²) in [6.07, 6.45) is 5.14. The fourth-order valence-electron chi connectivity index (χ4n) is 3.63. The van der Waals surface area contributed by atoms with Crippen molar-refractivity contribution in [2.24, 2.45) is 5.92 Å². The second kappa shape index (κ2) is 7.14. The maximum Gasteiger partial charge on any atom is 0.220 e. The molecule has 4 nitrogen and oxygen atoms in total. The van der Waals surface area contributed by atoms with Crippen molar-refractivity contribution < 1.29 is 14.6 Å². The molecule has 1 fully saturated rings. The third-order valence-electron chi connectivity index (χ3n) is 4.86. The third kappa shape index (κ3) is 3.80. The van der Waals surface area contributed by atoms with Gasteiger partial charge in [0.1, 0.15) is 5.75 Å². The molecule has 22 heavy (non-hydrogen) atoms. The molecule has 4 heteroatoms. The standard InChI is InChI=1S/C18H25NO3/c20-15-5-3-4-13(10-15)12-19-18(21)11-14-8-9-22-17-7-2-1-6-16(14)17/h1-2,6-7,13-15,20H,3-5,8-12H2,(H,19,21). The Bertz CT molecular complexity index is 517. The Labute approximate surface area is 131 Å². The van der Waals surface area contributed by atoms with E-state index in [0.29, 0.717) is 25.5 Å². The number of aliphatic hydroxyl groups is 1. The lowest BCUT2D eigenvalue weighted by atomic mass is 9.87. The van der Waals surface area contributed by atoms with Gasteiger partial charge in [-0.2, -0.15) is 0 Å². The summed E-state index contributed by atoms with van der Waals surface area (Å²) < 4.78 is 5.64. The van der Waals surface area contributed by atoms with E-state index in [0.717, 1.165) is 43.4 Å². The zero-order valence-corrected chi connectivity index (χ0v) is 13.0. The highest BCUT2D eigenvalue weighted by atomic mass is 16.5. The van der Waals surface area contributed by atoms with Gasteiger partial charge in [0.25, 0.3) is 0 Å². The highest BCUT2D eigenvalue weighted by Gasteiger charge is 2.24. The molecule has 2 N–H and O–H groups in total. The van der Waals surface area contributed by atoms with Gasteiger partial charge in [-0.3, -0.25) is 4.79 Å². The van der Waals surface area contributed by atoms with E-state index < -0.39 is 0 Å². The molecule has 3 atom stereocenters. The first-order valence-electron chi connectivity index (χ1n) is 8.39. The molecule has 1 aromatic rings. The molecule has 0 saturated heterocycles. The van der Waals surface area contributed by atoms with Crippen LogP contribution in [0.3, 0.4) is 0 Å². The summed E-state index contributed by atoms with van der Waals surface area (Å²) in [5, 5.41) is 12.7. The predicted molar refractivity (Wildman–Crippen MR) is 84.9 cm³/mol. The number of ether oxygens (including phenoxy) is 1. The monoisotopic (exact) mass is 303 g/mol. The lowest BCUT2D eigenvalue weighted by Gasteiger charge is -2.27. The fourth-order valence-corrected chi connectivity index (χ4v) is 3.63. The van der Waals surface area contributed by atoms with Gasteiger partial charge in [0.05, 0.1) is 12.7 Å². The minimum Gasteiger partial charge on any atom is -0.493 e. The molecule has 1 aliphatic heterocycles. The third-order valence-corrected chi connectivity index (χ3v) is 4.86. The fraction of sp³-hybridized carbons (Fsp3) is 0.611. The Morgan fingerprint density at radius 1 is 1.27 bits per heavy atom. The number of rotatable bonds is 4. The smallest absolute Gasteiger partial charge is 0.220 e. The Balaban J connectivity index is 1.50. The number of amides is 1. The zero-order chi connectivity index (χ0) is 15.4. The van der Waals surface area contributed by atoms with E-state index in [2.05, 4.69) is 11.4 Å². The lowest BCUT2D eigenvalue weighted by Crippen LogP contribution is -2.34. The maximum absolute atomic E-state index is 12.2. The van der Waals surface area contributed by atoms with Crippen molar-refractivity contribution in [2.45, 2.75) is 50.5 Å². The number of hydrogen-bond donors (Lipinski definition) is 2. The van der Waals surface area contributed by atoms with Crippen LogP contribution in [0.15, 0.2) is 24.3 Å². The van der Waals surface area contributed by atoms with Crippen LogP contribution in [0.25, 0.3) is 0 Å². The maximum atomic E-state index is 12.2. The zero-order valence-electron chi connectivity index (χ0n) is 13.0. The number of aliphatic hydroxyl groups excluding tert-OH is 1. The molecule has 0 spiro atoms. The van der Waals surface area contributed by atoms with E-state index in [1.807, 2.05) is 18.2 Å². The van der Waals surface area contributed by atoms with Crippen LogP contribution in [0.4, 0.5) is 0 Å².